The summed E-state index contributed by atoms with van der Waals surface area (Å²) in [6, 6.07) is 8.37. The van der Waals surface area contributed by atoms with Crippen LogP contribution < -0.4 is 5.32 Å². The monoisotopic (exact) mass is 289 g/mol. The minimum atomic E-state index is 0.492. The Bertz CT molecular complexity index is 580. The molecular formula is C17H23NOS. The molecule has 1 aromatic heterocycles. The first kappa shape index (κ1) is 14.0. The van der Waals surface area contributed by atoms with E-state index in [1.165, 1.54) is 30.2 Å². The predicted molar refractivity (Wildman–Crippen MR) is 87.4 cm³/mol. The Morgan fingerprint density at radius 3 is 2.75 bits per heavy atom. The fraction of sp³-hybridized carbons (Fsp3) is 0.529. The molecule has 20 heavy (non-hydrogen) atoms. The van der Waals surface area contributed by atoms with Gasteiger partial charge in [0.15, 0.2) is 0 Å². The first-order chi connectivity index (χ1) is 9.78. The first-order valence-corrected chi connectivity index (χ1v) is 8.75. The maximum Gasteiger partial charge on any atom is 0.134 e. The van der Waals surface area contributed by atoms with E-state index in [1.807, 2.05) is 17.8 Å². The zero-order chi connectivity index (χ0) is 14.0. The van der Waals surface area contributed by atoms with Gasteiger partial charge in [0.05, 0.1) is 0 Å². The highest BCUT2D eigenvalue weighted by molar-refractivity contribution is 8.00. The highest BCUT2D eigenvalue weighted by Crippen LogP contribution is 2.42. The average molecular weight is 289 g/mol. The number of aryl methyl sites for hydroxylation is 1. The van der Waals surface area contributed by atoms with Crippen molar-refractivity contribution in [2.75, 3.05) is 12.8 Å². The smallest absolute Gasteiger partial charge is 0.134 e. The van der Waals surface area contributed by atoms with Crippen molar-refractivity contribution in [2.45, 2.75) is 43.9 Å². The molecule has 1 heterocycles. The SMILES string of the molecule is CCc1oc2ccccc2c1CNCC1(SC)CCC1. The van der Waals surface area contributed by atoms with Crippen LogP contribution in [-0.4, -0.2) is 17.5 Å². The Morgan fingerprint density at radius 2 is 2.10 bits per heavy atom. The molecule has 2 aromatic rings. The first-order valence-electron chi connectivity index (χ1n) is 7.53. The van der Waals surface area contributed by atoms with E-state index in [0.717, 1.165) is 30.9 Å². The van der Waals surface area contributed by atoms with Gasteiger partial charge < -0.3 is 9.73 Å². The molecule has 1 fully saturated rings. The molecule has 3 heteroatoms. The van der Waals surface area contributed by atoms with Crippen molar-refractivity contribution in [3.05, 3.63) is 35.6 Å². The Hall–Kier alpha value is -0.930. The average Bonchev–Trinajstić information content (AvgIpc) is 2.80. The zero-order valence-corrected chi connectivity index (χ0v) is 13.2. The van der Waals surface area contributed by atoms with Crippen LogP contribution in [0.5, 0.6) is 0 Å². The third-order valence-electron chi connectivity index (χ3n) is 4.55. The van der Waals surface area contributed by atoms with E-state index in [-0.39, 0.29) is 0 Å². The minimum Gasteiger partial charge on any atom is -0.461 e. The summed E-state index contributed by atoms with van der Waals surface area (Å²) in [7, 11) is 0. The largest absolute Gasteiger partial charge is 0.461 e. The van der Waals surface area contributed by atoms with Gasteiger partial charge >= 0.3 is 0 Å². The van der Waals surface area contributed by atoms with Gasteiger partial charge in [0.1, 0.15) is 11.3 Å². The third-order valence-corrected chi connectivity index (χ3v) is 5.97. The van der Waals surface area contributed by atoms with Crippen molar-refractivity contribution in [2.24, 2.45) is 0 Å². The van der Waals surface area contributed by atoms with Crippen molar-refractivity contribution in [3.8, 4) is 0 Å². The normalized spacial score (nSPS) is 17.3. The molecule has 1 aromatic carbocycles. The maximum atomic E-state index is 5.95. The molecule has 3 rings (SSSR count). The van der Waals surface area contributed by atoms with Gasteiger partial charge in [-0.1, -0.05) is 31.5 Å². The molecule has 0 atom stereocenters. The molecule has 1 aliphatic carbocycles. The van der Waals surface area contributed by atoms with Gasteiger partial charge in [0, 0.05) is 35.2 Å². The summed E-state index contributed by atoms with van der Waals surface area (Å²) in [5.41, 5.74) is 2.36. The molecule has 0 bridgehead atoms. The number of thioether (sulfide) groups is 1. The van der Waals surface area contributed by atoms with Crippen LogP contribution in [-0.2, 0) is 13.0 Å². The van der Waals surface area contributed by atoms with E-state index in [1.54, 1.807) is 0 Å². The fourth-order valence-corrected chi connectivity index (χ4v) is 4.01. The van der Waals surface area contributed by atoms with Crippen LogP contribution in [0.3, 0.4) is 0 Å². The molecule has 1 aliphatic rings. The lowest BCUT2D eigenvalue weighted by atomic mass is 9.84. The van der Waals surface area contributed by atoms with Gasteiger partial charge in [-0.15, -0.1) is 0 Å². The summed E-state index contributed by atoms with van der Waals surface area (Å²) in [4.78, 5) is 0. The summed E-state index contributed by atoms with van der Waals surface area (Å²) in [6.45, 7) is 4.19. The molecule has 0 unspecified atom stereocenters. The topological polar surface area (TPSA) is 25.2 Å². The lowest BCUT2D eigenvalue weighted by molar-refractivity contribution is 0.345. The summed E-state index contributed by atoms with van der Waals surface area (Å²) >= 11 is 2.02. The molecule has 2 nitrogen and oxygen atoms in total. The predicted octanol–water partition coefficient (Wildman–Crippen LogP) is 4.37. The van der Waals surface area contributed by atoms with Crippen molar-refractivity contribution in [3.63, 3.8) is 0 Å². The Kier molecular flexibility index (Phi) is 4.08. The standard InChI is InChI=1S/C17H23NOS/c1-3-15-14(13-7-4-5-8-16(13)19-15)11-18-12-17(20-2)9-6-10-17/h4-5,7-8,18H,3,6,9-12H2,1-2H3. The summed E-state index contributed by atoms with van der Waals surface area (Å²) in [6.07, 6.45) is 7.30. The second-order valence-electron chi connectivity index (χ2n) is 5.70. The van der Waals surface area contributed by atoms with Gasteiger partial charge in [0.25, 0.3) is 0 Å². The summed E-state index contributed by atoms with van der Waals surface area (Å²) < 4.78 is 6.44. The number of hydrogen-bond donors (Lipinski definition) is 1. The van der Waals surface area contributed by atoms with Gasteiger partial charge in [-0.2, -0.15) is 11.8 Å². The minimum absolute atomic E-state index is 0.492. The van der Waals surface area contributed by atoms with E-state index in [0.29, 0.717) is 4.75 Å². The van der Waals surface area contributed by atoms with Crippen molar-refractivity contribution in [1.29, 1.82) is 0 Å². The van der Waals surface area contributed by atoms with Gasteiger partial charge in [0.2, 0.25) is 0 Å². The van der Waals surface area contributed by atoms with Crippen molar-refractivity contribution < 1.29 is 4.42 Å². The number of benzene rings is 1. The molecule has 1 saturated carbocycles. The molecule has 1 N–H and O–H groups in total. The van der Waals surface area contributed by atoms with Crippen LogP contribution in [0, 0.1) is 0 Å². The molecular weight excluding hydrogens is 266 g/mol. The van der Waals surface area contributed by atoms with Crippen LogP contribution in [0.1, 0.15) is 37.5 Å². The molecule has 0 saturated heterocycles. The highest BCUT2D eigenvalue weighted by atomic mass is 32.2. The third kappa shape index (κ3) is 2.49. The van der Waals surface area contributed by atoms with E-state index in [2.05, 4.69) is 36.7 Å². The van der Waals surface area contributed by atoms with Crippen molar-refractivity contribution >= 4 is 22.7 Å². The van der Waals surface area contributed by atoms with Gasteiger partial charge in [-0.3, -0.25) is 0 Å². The second kappa shape index (κ2) is 5.82. The number of para-hydroxylation sites is 1. The molecule has 108 valence electrons. The van der Waals surface area contributed by atoms with Crippen molar-refractivity contribution in [1.82, 2.24) is 5.32 Å². The van der Waals surface area contributed by atoms with E-state index in [4.69, 9.17) is 4.42 Å². The maximum absolute atomic E-state index is 5.95. The van der Waals surface area contributed by atoms with E-state index in [9.17, 15) is 0 Å². The van der Waals surface area contributed by atoms with Crippen LogP contribution in [0.25, 0.3) is 11.0 Å². The summed E-state index contributed by atoms with van der Waals surface area (Å²) in [5.74, 6) is 1.13. The highest BCUT2D eigenvalue weighted by Gasteiger charge is 2.35. The van der Waals surface area contributed by atoms with Crippen LogP contribution in [0.2, 0.25) is 0 Å². The number of fused-ring (bicyclic) bond motifs is 1. The van der Waals surface area contributed by atoms with Gasteiger partial charge in [-0.25, -0.2) is 0 Å². The number of furan rings is 1. The van der Waals surface area contributed by atoms with Crippen LogP contribution in [0.15, 0.2) is 28.7 Å². The lowest BCUT2D eigenvalue weighted by Gasteiger charge is -2.40. The van der Waals surface area contributed by atoms with E-state index >= 15 is 0 Å². The lowest BCUT2D eigenvalue weighted by Crippen LogP contribution is -2.43. The molecule has 0 spiro atoms. The Balaban J connectivity index is 1.73. The Labute approximate surface area is 125 Å². The summed E-state index contributed by atoms with van der Waals surface area (Å²) in [5, 5.41) is 4.93. The van der Waals surface area contributed by atoms with Crippen LogP contribution in [0.4, 0.5) is 0 Å². The van der Waals surface area contributed by atoms with Gasteiger partial charge in [-0.05, 0) is 25.2 Å². The Morgan fingerprint density at radius 1 is 1.30 bits per heavy atom. The zero-order valence-electron chi connectivity index (χ0n) is 12.4. The second-order valence-corrected chi connectivity index (χ2v) is 6.97. The quantitative estimate of drug-likeness (QED) is 0.855. The van der Waals surface area contributed by atoms with Crippen LogP contribution >= 0.6 is 11.8 Å². The number of nitrogens with one attached hydrogen (secondary N) is 1. The molecule has 0 radical (unpaired) electrons. The molecule has 0 amide bonds. The van der Waals surface area contributed by atoms with E-state index < -0.39 is 0 Å². The number of rotatable bonds is 6. The fourth-order valence-electron chi connectivity index (χ4n) is 3.07. The molecule has 0 aliphatic heterocycles. The number of hydrogen-bond acceptors (Lipinski definition) is 3.